The lowest BCUT2D eigenvalue weighted by molar-refractivity contribution is -0.135. The summed E-state index contributed by atoms with van der Waals surface area (Å²) in [5.74, 6) is -0.00387. The van der Waals surface area contributed by atoms with Gasteiger partial charge in [0.1, 0.15) is 5.54 Å². The van der Waals surface area contributed by atoms with E-state index < -0.39 is 5.54 Å². The SMILES string of the molecule is CCCN1CCC2(CC1)NC(=O)N(C1CCN(C(=O)c3ccc(C)s3)CC1)C2=O. The highest BCUT2D eigenvalue weighted by atomic mass is 32.1. The van der Waals surface area contributed by atoms with Crippen LogP contribution in [0, 0.1) is 6.92 Å². The van der Waals surface area contributed by atoms with Gasteiger partial charge in [-0.2, -0.15) is 0 Å². The molecular weight excluding hydrogens is 388 g/mol. The Labute approximate surface area is 176 Å². The summed E-state index contributed by atoms with van der Waals surface area (Å²) in [4.78, 5) is 46.2. The molecule has 0 radical (unpaired) electrons. The molecule has 3 fully saturated rings. The molecule has 1 spiro atoms. The molecule has 4 amide bonds. The Morgan fingerprint density at radius 2 is 1.86 bits per heavy atom. The number of nitrogens with one attached hydrogen (secondary N) is 1. The average Bonchev–Trinajstić information content (AvgIpc) is 3.25. The monoisotopic (exact) mass is 418 g/mol. The summed E-state index contributed by atoms with van der Waals surface area (Å²) >= 11 is 1.51. The van der Waals surface area contributed by atoms with Gasteiger partial charge in [0, 0.05) is 37.1 Å². The van der Waals surface area contributed by atoms with Crippen molar-refractivity contribution in [2.75, 3.05) is 32.7 Å². The molecule has 3 aliphatic rings. The number of carbonyl (C=O) groups excluding carboxylic acids is 3. The van der Waals surface area contributed by atoms with E-state index in [1.165, 1.54) is 16.2 Å². The van der Waals surface area contributed by atoms with Gasteiger partial charge in [-0.1, -0.05) is 6.92 Å². The highest BCUT2D eigenvalue weighted by Crippen LogP contribution is 2.33. The summed E-state index contributed by atoms with van der Waals surface area (Å²) in [5, 5.41) is 3.02. The minimum Gasteiger partial charge on any atom is -0.338 e. The van der Waals surface area contributed by atoms with Crippen LogP contribution in [0.25, 0.3) is 0 Å². The topological polar surface area (TPSA) is 73.0 Å². The standard InChI is InChI=1S/C21H30N4O3S/c1-3-10-23-13-8-21(9-14-23)19(27)25(20(28)22-21)16-6-11-24(12-7-16)18(26)17-5-4-15(2)29-17/h4-5,16H,3,6-14H2,1-2H3,(H,22,28). The van der Waals surface area contributed by atoms with Gasteiger partial charge >= 0.3 is 6.03 Å². The summed E-state index contributed by atoms with van der Waals surface area (Å²) < 4.78 is 0. The number of carbonyl (C=O) groups is 3. The van der Waals surface area contributed by atoms with Crippen molar-refractivity contribution in [3.8, 4) is 0 Å². The molecule has 3 saturated heterocycles. The maximum atomic E-state index is 13.2. The molecule has 1 aromatic rings. The molecule has 4 heterocycles. The summed E-state index contributed by atoms with van der Waals surface area (Å²) in [6.45, 7) is 8.04. The van der Waals surface area contributed by atoms with Crippen molar-refractivity contribution in [1.82, 2.24) is 20.0 Å². The minimum atomic E-state index is -0.719. The van der Waals surface area contributed by atoms with Crippen molar-refractivity contribution in [3.63, 3.8) is 0 Å². The smallest absolute Gasteiger partial charge is 0.325 e. The van der Waals surface area contributed by atoms with Gasteiger partial charge in [0.05, 0.1) is 4.88 Å². The molecule has 0 unspecified atom stereocenters. The third-order valence-electron chi connectivity index (χ3n) is 6.51. The van der Waals surface area contributed by atoms with Crippen molar-refractivity contribution in [3.05, 3.63) is 21.9 Å². The zero-order chi connectivity index (χ0) is 20.6. The van der Waals surface area contributed by atoms with E-state index in [2.05, 4.69) is 17.1 Å². The number of likely N-dealkylation sites (tertiary alicyclic amines) is 2. The number of piperidine rings is 2. The Kier molecular flexibility index (Phi) is 5.66. The van der Waals surface area contributed by atoms with E-state index in [1.54, 1.807) is 0 Å². The molecule has 0 aromatic carbocycles. The molecular formula is C21H30N4O3S. The number of thiophene rings is 1. The summed E-state index contributed by atoms with van der Waals surface area (Å²) in [7, 11) is 0. The van der Waals surface area contributed by atoms with Crippen molar-refractivity contribution >= 4 is 29.2 Å². The van der Waals surface area contributed by atoms with E-state index >= 15 is 0 Å². The number of rotatable bonds is 4. The molecule has 8 heteroatoms. The first-order chi connectivity index (χ1) is 13.9. The summed E-state index contributed by atoms with van der Waals surface area (Å²) in [5.41, 5.74) is -0.719. The second kappa shape index (κ2) is 8.07. The fraction of sp³-hybridized carbons (Fsp3) is 0.667. The number of imide groups is 1. The van der Waals surface area contributed by atoms with Gasteiger partial charge in [0.25, 0.3) is 11.8 Å². The van der Waals surface area contributed by atoms with Crippen LogP contribution in [-0.2, 0) is 4.79 Å². The minimum absolute atomic E-state index is 0.0542. The van der Waals surface area contributed by atoms with Crippen molar-refractivity contribution in [1.29, 1.82) is 0 Å². The number of hydrogen-bond donors (Lipinski definition) is 1. The van der Waals surface area contributed by atoms with Crippen molar-refractivity contribution < 1.29 is 14.4 Å². The molecule has 0 saturated carbocycles. The molecule has 29 heavy (non-hydrogen) atoms. The van der Waals surface area contributed by atoms with Crippen LogP contribution >= 0.6 is 11.3 Å². The van der Waals surface area contributed by atoms with Crippen LogP contribution in [0.4, 0.5) is 4.79 Å². The quantitative estimate of drug-likeness (QED) is 0.763. The van der Waals surface area contributed by atoms with Crippen LogP contribution in [0.1, 0.15) is 53.6 Å². The molecule has 7 nitrogen and oxygen atoms in total. The zero-order valence-corrected chi connectivity index (χ0v) is 18.1. The van der Waals surface area contributed by atoms with Crippen LogP contribution in [-0.4, -0.2) is 76.8 Å². The van der Waals surface area contributed by atoms with Gasteiger partial charge in [-0.15, -0.1) is 11.3 Å². The maximum Gasteiger partial charge on any atom is 0.325 e. The Balaban J connectivity index is 1.37. The summed E-state index contributed by atoms with van der Waals surface area (Å²) in [6.07, 6.45) is 3.76. The Morgan fingerprint density at radius 1 is 1.17 bits per heavy atom. The highest BCUT2D eigenvalue weighted by molar-refractivity contribution is 7.13. The highest BCUT2D eigenvalue weighted by Gasteiger charge is 2.54. The first kappa shape index (κ1) is 20.3. The lowest BCUT2D eigenvalue weighted by Gasteiger charge is -2.38. The zero-order valence-electron chi connectivity index (χ0n) is 17.3. The van der Waals surface area contributed by atoms with Crippen LogP contribution in [0.5, 0.6) is 0 Å². The van der Waals surface area contributed by atoms with E-state index in [4.69, 9.17) is 0 Å². The van der Waals surface area contributed by atoms with Crippen LogP contribution in [0.15, 0.2) is 12.1 Å². The van der Waals surface area contributed by atoms with Crippen LogP contribution in [0.2, 0.25) is 0 Å². The third-order valence-corrected chi connectivity index (χ3v) is 7.50. The van der Waals surface area contributed by atoms with E-state index in [0.29, 0.717) is 38.8 Å². The predicted molar refractivity (Wildman–Crippen MR) is 112 cm³/mol. The number of aryl methyl sites for hydroxylation is 1. The van der Waals surface area contributed by atoms with Gasteiger partial charge in [-0.3, -0.25) is 14.5 Å². The lowest BCUT2D eigenvalue weighted by atomic mass is 9.87. The molecule has 4 rings (SSSR count). The molecule has 3 aliphatic heterocycles. The number of hydrogen-bond acceptors (Lipinski definition) is 5. The predicted octanol–water partition coefficient (Wildman–Crippen LogP) is 2.46. The second-order valence-corrected chi connectivity index (χ2v) is 9.75. The number of nitrogens with zero attached hydrogens (tertiary/aromatic N) is 3. The molecule has 0 atom stereocenters. The van der Waals surface area contributed by atoms with E-state index in [1.807, 2.05) is 24.0 Å². The Hall–Kier alpha value is -1.93. The normalized spacial score (nSPS) is 23.1. The van der Waals surface area contributed by atoms with Gasteiger partial charge in [-0.05, 0) is 57.7 Å². The van der Waals surface area contributed by atoms with Gasteiger partial charge in [0.15, 0.2) is 0 Å². The molecule has 1 N–H and O–H groups in total. The Morgan fingerprint density at radius 3 is 2.45 bits per heavy atom. The van der Waals surface area contributed by atoms with E-state index in [0.717, 1.165) is 35.8 Å². The number of amides is 4. The average molecular weight is 419 g/mol. The largest absolute Gasteiger partial charge is 0.338 e. The van der Waals surface area contributed by atoms with Crippen molar-refractivity contribution in [2.45, 2.75) is 57.5 Å². The molecule has 0 bridgehead atoms. The van der Waals surface area contributed by atoms with E-state index in [9.17, 15) is 14.4 Å². The van der Waals surface area contributed by atoms with Gasteiger partial charge in [-0.25, -0.2) is 4.79 Å². The van der Waals surface area contributed by atoms with Gasteiger partial charge < -0.3 is 15.1 Å². The van der Waals surface area contributed by atoms with Gasteiger partial charge in [0.2, 0.25) is 0 Å². The summed E-state index contributed by atoms with van der Waals surface area (Å²) in [6, 6.07) is 3.46. The van der Waals surface area contributed by atoms with Crippen LogP contribution < -0.4 is 5.32 Å². The Bertz CT molecular complexity index is 792. The number of urea groups is 1. The fourth-order valence-corrected chi connectivity index (χ4v) is 5.65. The van der Waals surface area contributed by atoms with Crippen molar-refractivity contribution in [2.24, 2.45) is 0 Å². The molecule has 158 valence electrons. The first-order valence-electron chi connectivity index (χ1n) is 10.7. The molecule has 1 aromatic heterocycles. The van der Waals surface area contributed by atoms with E-state index in [-0.39, 0.29) is 23.9 Å². The lowest BCUT2D eigenvalue weighted by Crippen LogP contribution is -2.55. The maximum absolute atomic E-state index is 13.2. The fourth-order valence-electron chi connectivity index (χ4n) is 4.82. The van der Waals surface area contributed by atoms with Crippen LogP contribution in [0.3, 0.4) is 0 Å². The second-order valence-electron chi connectivity index (χ2n) is 8.46. The third kappa shape index (κ3) is 3.80. The molecule has 0 aliphatic carbocycles. The first-order valence-corrected chi connectivity index (χ1v) is 11.5.